The topological polar surface area (TPSA) is 70.3 Å². The minimum absolute atomic E-state index is 0.675. The van der Waals surface area contributed by atoms with Crippen molar-refractivity contribution in [2.24, 2.45) is 0 Å². The van der Waals surface area contributed by atoms with Gasteiger partial charge in [0.15, 0.2) is 0 Å². The molecule has 4 rings (SSSR count). The molecule has 0 amide bonds. The Morgan fingerprint density at radius 3 is 2.75 bits per heavy atom. The predicted octanol–water partition coefficient (Wildman–Crippen LogP) is 3.27. The molecule has 2 aromatic heterocycles. The molecule has 0 atom stereocenters. The zero-order valence-corrected chi connectivity index (χ0v) is 13.0. The molecular formula is C19H15N5. The molecule has 0 unspecified atom stereocenters. The summed E-state index contributed by atoms with van der Waals surface area (Å²) in [5.74, 6) is 0. The van der Waals surface area contributed by atoms with Gasteiger partial charge in [0.1, 0.15) is 0 Å². The van der Waals surface area contributed by atoms with Gasteiger partial charge in [-0.2, -0.15) is 10.4 Å². The minimum atomic E-state index is 0.675. The summed E-state index contributed by atoms with van der Waals surface area (Å²) in [7, 11) is 0. The Hall–Kier alpha value is -3.39. The first kappa shape index (κ1) is 14.2. The molecule has 24 heavy (non-hydrogen) atoms. The van der Waals surface area contributed by atoms with Crippen molar-refractivity contribution in [2.75, 3.05) is 0 Å². The number of aromatic nitrogens is 4. The Morgan fingerprint density at radius 2 is 1.92 bits per heavy atom. The number of nitriles is 1. The van der Waals surface area contributed by atoms with Crippen molar-refractivity contribution >= 4 is 10.9 Å². The summed E-state index contributed by atoms with van der Waals surface area (Å²) in [6.45, 7) is 0.729. The summed E-state index contributed by atoms with van der Waals surface area (Å²) >= 11 is 0. The Bertz CT molecular complexity index is 1020. The fourth-order valence-corrected chi connectivity index (χ4v) is 2.85. The monoisotopic (exact) mass is 313 g/mol. The van der Waals surface area contributed by atoms with Gasteiger partial charge in [-0.3, -0.25) is 5.10 Å². The molecule has 0 spiro atoms. The number of rotatable bonds is 4. The van der Waals surface area contributed by atoms with Gasteiger partial charge in [-0.25, -0.2) is 4.98 Å². The number of para-hydroxylation sites is 1. The largest absolute Gasteiger partial charge is 0.330 e. The molecule has 0 saturated carbocycles. The lowest BCUT2D eigenvalue weighted by Gasteiger charge is -2.08. The van der Waals surface area contributed by atoms with E-state index in [1.165, 1.54) is 0 Å². The summed E-state index contributed by atoms with van der Waals surface area (Å²) in [6, 6.07) is 17.9. The number of hydrogen-bond donors (Lipinski definition) is 1. The van der Waals surface area contributed by atoms with Crippen LogP contribution >= 0.6 is 0 Å². The number of nitrogens with zero attached hydrogens (tertiary/aromatic N) is 4. The number of benzene rings is 2. The lowest BCUT2D eigenvalue weighted by atomic mass is 10.1. The fourth-order valence-electron chi connectivity index (χ4n) is 2.85. The maximum absolute atomic E-state index is 8.88. The molecule has 0 aliphatic rings. The van der Waals surface area contributed by atoms with E-state index in [0.29, 0.717) is 5.56 Å². The number of imidazole rings is 1. The van der Waals surface area contributed by atoms with Gasteiger partial charge >= 0.3 is 0 Å². The van der Waals surface area contributed by atoms with Crippen molar-refractivity contribution in [3.05, 3.63) is 83.6 Å². The summed E-state index contributed by atoms with van der Waals surface area (Å²) in [6.07, 6.45) is 4.47. The summed E-state index contributed by atoms with van der Waals surface area (Å²) in [4.78, 5) is 4.29. The van der Waals surface area contributed by atoms with Crippen molar-refractivity contribution < 1.29 is 0 Å². The average molecular weight is 313 g/mol. The standard InChI is InChI=1S/C19H15N5/c20-10-14-5-7-15(8-6-14)12-24-13-21-11-16(24)9-19-17-3-1-2-4-18(17)22-23-19/h1-8,11,13H,9,12H2,(H,22,23). The van der Waals surface area contributed by atoms with E-state index in [0.717, 1.165) is 40.8 Å². The molecule has 4 aromatic rings. The molecule has 0 bridgehead atoms. The van der Waals surface area contributed by atoms with Gasteiger partial charge in [0, 0.05) is 35.9 Å². The van der Waals surface area contributed by atoms with Crippen molar-refractivity contribution in [1.82, 2.24) is 19.7 Å². The summed E-state index contributed by atoms with van der Waals surface area (Å²) < 4.78 is 2.12. The van der Waals surface area contributed by atoms with Crippen LogP contribution in [0, 0.1) is 11.3 Å². The molecule has 1 N–H and O–H groups in total. The average Bonchev–Trinajstić information content (AvgIpc) is 3.24. The molecule has 5 heteroatoms. The van der Waals surface area contributed by atoms with Crippen LogP contribution in [0.15, 0.2) is 61.1 Å². The van der Waals surface area contributed by atoms with Crippen LogP contribution in [-0.2, 0) is 13.0 Å². The third kappa shape index (κ3) is 2.66. The van der Waals surface area contributed by atoms with E-state index in [9.17, 15) is 0 Å². The van der Waals surface area contributed by atoms with E-state index >= 15 is 0 Å². The second-order valence-electron chi connectivity index (χ2n) is 5.72. The fraction of sp³-hybridized carbons (Fsp3) is 0.105. The Kier molecular flexibility index (Phi) is 3.56. The van der Waals surface area contributed by atoms with Gasteiger partial charge in [0.25, 0.3) is 0 Å². The number of fused-ring (bicyclic) bond motifs is 1. The van der Waals surface area contributed by atoms with Gasteiger partial charge in [-0.15, -0.1) is 0 Å². The van der Waals surface area contributed by atoms with Crippen LogP contribution in [0.4, 0.5) is 0 Å². The highest BCUT2D eigenvalue weighted by Crippen LogP contribution is 2.19. The van der Waals surface area contributed by atoms with Crippen LogP contribution in [0.3, 0.4) is 0 Å². The molecular weight excluding hydrogens is 298 g/mol. The van der Waals surface area contributed by atoms with Crippen LogP contribution in [0.1, 0.15) is 22.5 Å². The van der Waals surface area contributed by atoms with Crippen LogP contribution in [-0.4, -0.2) is 19.7 Å². The Labute approximate surface area is 139 Å². The van der Waals surface area contributed by atoms with Crippen LogP contribution < -0.4 is 0 Å². The molecule has 116 valence electrons. The molecule has 0 aliphatic carbocycles. The first-order valence-electron chi connectivity index (χ1n) is 7.73. The molecule has 0 radical (unpaired) electrons. The normalized spacial score (nSPS) is 10.8. The molecule has 5 nitrogen and oxygen atoms in total. The third-order valence-electron chi connectivity index (χ3n) is 4.13. The summed E-state index contributed by atoms with van der Waals surface area (Å²) in [5, 5.41) is 17.5. The molecule has 0 fully saturated rings. The zero-order chi connectivity index (χ0) is 16.4. The predicted molar refractivity (Wildman–Crippen MR) is 91.4 cm³/mol. The van der Waals surface area contributed by atoms with Crippen molar-refractivity contribution in [2.45, 2.75) is 13.0 Å². The van der Waals surface area contributed by atoms with Crippen LogP contribution in [0.5, 0.6) is 0 Å². The summed E-state index contributed by atoms with van der Waals surface area (Å²) in [5.41, 5.74) is 5.00. The van der Waals surface area contributed by atoms with Crippen LogP contribution in [0.25, 0.3) is 10.9 Å². The number of nitrogens with one attached hydrogen (secondary N) is 1. The Balaban J connectivity index is 1.59. The smallest absolute Gasteiger partial charge is 0.0991 e. The lowest BCUT2D eigenvalue weighted by molar-refractivity contribution is 0.749. The van der Waals surface area contributed by atoms with Gasteiger partial charge < -0.3 is 4.57 Å². The number of hydrogen-bond acceptors (Lipinski definition) is 3. The maximum atomic E-state index is 8.88. The highest BCUT2D eigenvalue weighted by molar-refractivity contribution is 5.81. The highest BCUT2D eigenvalue weighted by atomic mass is 15.1. The van der Waals surface area contributed by atoms with E-state index < -0.39 is 0 Å². The number of aromatic amines is 1. The van der Waals surface area contributed by atoms with E-state index in [1.807, 2.05) is 55.0 Å². The highest BCUT2D eigenvalue weighted by Gasteiger charge is 2.09. The third-order valence-corrected chi connectivity index (χ3v) is 4.13. The molecule has 2 heterocycles. The van der Waals surface area contributed by atoms with Gasteiger partial charge in [0.2, 0.25) is 0 Å². The second kappa shape index (κ2) is 6.01. The van der Waals surface area contributed by atoms with E-state index in [1.54, 1.807) is 0 Å². The van der Waals surface area contributed by atoms with Gasteiger partial charge in [-0.1, -0.05) is 30.3 Å². The zero-order valence-electron chi connectivity index (χ0n) is 13.0. The van der Waals surface area contributed by atoms with Gasteiger partial charge in [0.05, 0.1) is 23.5 Å². The van der Waals surface area contributed by atoms with E-state index in [2.05, 4.69) is 31.9 Å². The van der Waals surface area contributed by atoms with E-state index in [4.69, 9.17) is 5.26 Å². The van der Waals surface area contributed by atoms with Gasteiger partial charge in [-0.05, 0) is 23.8 Å². The van der Waals surface area contributed by atoms with Crippen LogP contribution in [0.2, 0.25) is 0 Å². The maximum Gasteiger partial charge on any atom is 0.0991 e. The first-order valence-corrected chi connectivity index (χ1v) is 7.73. The van der Waals surface area contributed by atoms with Crippen molar-refractivity contribution in [1.29, 1.82) is 5.26 Å². The molecule has 0 aliphatic heterocycles. The Morgan fingerprint density at radius 1 is 1.08 bits per heavy atom. The minimum Gasteiger partial charge on any atom is -0.330 e. The molecule has 0 saturated heterocycles. The van der Waals surface area contributed by atoms with Crippen molar-refractivity contribution in [3.63, 3.8) is 0 Å². The van der Waals surface area contributed by atoms with E-state index in [-0.39, 0.29) is 0 Å². The lowest BCUT2D eigenvalue weighted by Crippen LogP contribution is -2.04. The quantitative estimate of drug-likeness (QED) is 0.628. The molecule has 2 aromatic carbocycles. The first-order chi connectivity index (χ1) is 11.8. The number of H-pyrrole nitrogens is 1. The van der Waals surface area contributed by atoms with Crippen molar-refractivity contribution in [3.8, 4) is 6.07 Å². The second-order valence-corrected chi connectivity index (χ2v) is 5.72. The SMILES string of the molecule is N#Cc1ccc(Cn2cncc2Cc2[nH]nc3ccccc23)cc1.